The van der Waals surface area contributed by atoms with Gasteiger partial charge in [-0.15, -0.1) is 0 Å². The van der Waals surface area contributed by atoms with Crippen LogP contribution in [-0.2, 0) is 14.6 Å². The molecule has 0 aromatic heterocycles. The highest BCUT2D eigenvalue weighted by atomic mass is 32.2. The van der Waals surface area contributed by atoms with E-state index in [0.29, 0.717) is 6.42 Å². The molecule has 0 bridgehead atoms. The van der Waals surface area contributed by atoms with Crippen LogP contribution in [0.15, 0.2) is 4.99 Å². The first-order valence-corrected chi connectivity index (χ1v) is 10.9. The fourth-order valence-electron chi connectivity index (χ4n) is 2.82. The molecule has 2 aliphatic heterocycles. The topological polar surface area (TPSA) is 79.8 Å². The Labute approximate surface area is 137 Å². The Morgan fingerprint density at radius 1 is 1.41 bits per heavy atom. The predicted molar refractivity (Wildman–Crippen MR) is 92.5 cm³/mol. The number of nitrogens with zero attached hydrogens (tertiary/aromatic N) is 1. The summed E-state index contributed by atoms with van der Waals surface area (Å²) in [5.41, 5.74) is 0. The zero-order valence-corrected chi connectivity index (χ0v) is 15.1. The van der Waals surface area contributed by atoms with Crippen molar-refractivity contribution < 1.29 is 13.2 Å². The van der Waals surface area contributed by atoms with Crippen LogP contribution in [0, 0.1) is 0 Å². The first-order chi connectivity index (χ1) is 10.5. The molecule has 0 aliphatic carbocycles. The summed E-state index contributed by atoms with van der Waals surface area (Å²) < 4.78 is 28.7. The van der Waals surface area contributed by atoms with E-state index in [9.17, 15) is 8.42 Å². The normalized spacial score (nSPS) is 27.5. The highest BCUT2D eigenvalue weighted by molar-refractivity contribution is 8.00. The van der Waals surface area contributed by atoms with Gasteiger partial charge < -0.3 is 15.4 Å². The van der Waals surface area contributed by atoms with Crippen molar-refractivity contribution in [1.29, 1.82) is 0 Å². The zero-order valence-electron chi connectivity index (χ0n) is 13.4. The molecule has 6 nitrogen and oxygen atoms in total. The second-order valence-electron chi connectivity index (χ2n) is 5.94. The van der Waals surface area contributed by atoms with Gasteiger partial charge in [-0.3, -0.25) is 4.99 Å². The SMILES string of the molecule is CCNC(=NCC1(SC)CCOCC1)NC1CCS(=O)(=O)C1. The summed E-state index contributed by atoms with van der Waals surface area (Å²) in [6.45, 7) is 5.09. The van der Waals surface area contributed by atoms with Crippen LogP contribution in [0.3, 0.4) is 0 Å². The number of hydrogen-bond acceptors (Lipinski definition) is 5. The highest BCUT2D eigenvalue weighted by Crippen LogP contribution is 2.33. The summed E-state index contributed by atoms with van der Waals surface area (Å²) in [6, 6.07) is -0.0253. The van der Waals surface area contributed by atoms with Crippen LogP contribution in [0.4, 0.5) is 0 Å². The van der Waals surface area contributed by atoms with E-state index in [-0.39, 0.29) is 22.3 Å². The standard InChI is InChI=1S/C14H27N3O3S2/c1-3-15-13(17-12-4-9-22(18,19)10-12)16-11-14(21-2)5-7-20-8-6-14/h12H,3-11H2,1-2H3,(H2,15,16,17). The van der Waals surface area contributed by atoms with Gasteiger partial charge in [-0.05, 0) is 32.4 Å². The molecule has 0 spiro atoms. The van der Waals surface area contributed by atoms with Gasteiger partial charge in [0.15, 0.2) is 15.8 Å². The molecular weight excluding hydrogens is 322 g/mol. The molecule has 2 rings (SSSR count). The van der Waals surface area contributed by atoms with Gasteiger partial charge in [-0.2, -0.15) is 11.8 Å². The molecule has 1 atom stereocenters. The summed E-state index contributed by atoms with van der Waals surface area (Å²) in [5.74, 6) is 1.21. The Morgan fingerprint density at radius 3 is 2.68 bits per heavy atom. The van der Waals surface area contributed by atoms with Crippen molar-refractivity contribution >= 4 is 27.6 Å². The van der Waals surface area contributed by atoms with E-state index < -0.39 is 9.84 Å². The smallest absolute Gasteiger partial charge is 0.191 e. The summed E-state index contributed by atoms with van der Waals surface area (Å²) in [7, 11) is -2.87. The Balaban J connectivity index is 1.97. The van der Waals surface area contributed by atoms with E-state index in [4.69, 9.17) is 9.73 Å². The maximum atomic E-state index is 11.6. The number of ether oxygens (including phenoxy) is 1. The molecule has 22 heavy (non-hydrogen) atoms. The maximum absolute atomic E-state index is 11.6. The molecule has 0 saturated carbocycles. The van der Waals surface area contributed by atoms with Crippen molar-refractivity contribution in [2.24, 2.45) is 4.99 Å². The minimum absolute atomic E-state index is 0.0253. The Bertz CT molecular complexity index is 488. The molecule has 0 amide bonds. The number of guanidine groups is 1. The molecule has 0 radical (unpaired) electrons. The minimum atomic E-state index is -2.87. The summed E-state index contributed by atoms with van der Waals surface area (Å²) >= 11 is 1.86. The third-order valence-corrected chi connectivity index (χ3v) is 7.45. The van der Waals surface area contributed by atoms with E-state index >= 15 is 0 Å². The average Bonchev–Trinajstić information content (AvgIpc) is 2.85. The lowest BCUT2D eigenvalue weighted by molar-refractivity contribution is 0.0794. The molecular formula is C14H27N3O3S2. The lowest BCUT2D eigenvalue weighted by Crippen LogP contribution is -2.45. The van der Waals surface area contributed by atoms with Crippen LogP contribution in [-0.4, -0.2) is 69.2 Å². The van der Waals surface area contributed by atoms with Crippen LogP contribution >= 0.6 is 11.8 Å². The molecule has 2 N–H and O–H groups in total. The number of hydrogen-bond donors (Lipinski definition) is 2. The summed E-state index contributed by atoms with van der Waals surface area (Å²) in [6.07, 6.45) is 4.81. The van der Waals surface area contributed by atoms with Crippen molar-refractivity contribution in [2.75, 3.05) is 44.1 Å². The molecule has 2 heterocycles. The molecule has 2 fully saturated rings. The van der Waals surface area contributed by atoms with E-state index in [0.717, 1.165) is 45.1 Å². The summed E-state index contributed by atoms with van der Waals surface area (Å²) in [5, 5.41) is 6.49. The minimum Gasteiger partial charge on any atom is -0.381 e. The third-order valence-electron chi connectivity index (χ3n) is 4.28. The van der Waals surface area contributed by atoms with Gasteiger partial charge in [0.1, 0.15) is 0 Å². The van der Waals surface area contributed by atoms with Gasteiger partial charge in [0.25, 0.3) is 0 Å². The number of thioether (sulfide) groups is 1. The number of rotatable bonds is 5. The van der Waals surface area contributed by atoms with Gasteiger partial charge in [0.2, 0.25) is 0 Å². The molecule has 2 saturated heterocycles. The van der Waals surface area contributed by atoms with Gasteiger partial charge >= 0.3 is 0 Å². The van der Waals surface area contributed by atoms with Gasteiger partial charge in [-0.25, -0.2) is 8.42 Å². The lowest BCUT2D eigenvalue weighted by atomic mass is 9.99. The quantitative estimate of drug-likeness (QED) is 0.560. The third kappa shape index (κ3) is 5.03. The van der Waals surface area contributed by atoms with E-state index in [1.165, 1.54) is 0 Å². The maximum Gasteiger partial charge on any atom is 0.191 e. The van der Waals surface area contributed by atoms with Crippen molar-refractivity contribution in [1.82, 2.24) is 10.6 Å². The Morgan fingerprint density at radius 2 is 2.14 bits per heavy atom. The van der Waals surface area contributed by atoms with E-state index in [1.54, 1.807) is 0 Å². The second-order valence-corrected chi connectivity index (χ2v) is 9.44. The molecule has 1 unspecified atom stereocenters. The number of aliphatic imine (C=N–C) groups is 1. The number of sulfone groups is 1. The van der Waals surface area contributed by atoms with E-state index in [2.05, 4.69) is 16.9 Å². The van der Waals surface area contributed by atoms with Crippen LogP contribution in [0.25, 0.3) is 0 Å². The van der Waals surface area contributed by atoms with Gasteiger partial charge in [-0.1, -0.05) is 0 Å². The zero-order chi connectivity index (χ0) is 16.1. The average molecular weight is 350 g/mol. The van der Waals surface area contributed by atoms with Crippen molar-refractivity contribution in [3.63, 3.8) is 0 Å². The van der Waals surface area contributed by atoms with E-state index in [1.807, 2.05) is 18.7 Å². The Hall–Kier alpha value is -0.470. The lowest BCUT2D eigenvalue weighted by Gasteiger charge is -2.34. The molecule has 0 aromatic carbocycles. The van der Waals surface area contributed by atoms with Crippen LogP contribution in [0.5, 0.6) is 0 Å². The van der Waals surface area contributed by atoms with Crippen molar-refractivity contribution in [2.45, 2.75) is 37.0 Å². The first-order valence-electron chi connectivity index (χ1n) is 7.87. The van der Waals surface area contributed by atoms with Crippen LogP contribution in [0.2, 0.25) is 0 Å². The van der Waals surface area contributed by atoms with Crippen molar-refractivity contribution in [3.8, 4) is 0 Å². The predicted octanol–water partition coefficient (Wildman–Crippen LogP) is 0.641. The fourth-order valence-corrected chi connectivity index (χ4v) is 5.26. The van der Waals surface area contributed by atoms with Crippen LogP contribution in [0.1, 0.15) is 26.2 Å². The Kier molecular flexibility index (Phi) is 6.40. The summed E-state index contributed by atoms with van der Waals surface area (Å²) in [4.78, 5) is 4.71. The molecule has 0 aromatic rings. The monoisotopic (exact) mass is 349 g/mol. The molecule has 128 valence electrons. The van der Waals surface area contributed by atoms with Gasteiger partial charge in [0.05, 0.1) is 18.1 Å². The second kappa shape index (κ2) is 7.88. The van der Waals surface area contributed by atoms with Crippen molar-refractivity contribution in [3.05, 3.63) is 0 Å². The van der Waals surface area contributed by atoms with Crippen LogP contribution < -0.4 is 10.6 Å². The molecule has 2 aliphatic rings. The number of nitrogens with one attached hydrogen (secondary N) is 2. The highest BCUT2D eigenvalue weighted by Gasteiger charge is 2.32. The molecule has 8 heteroatoms. The largest absolute Gasteiger partial charge is 0.381 e. The van der Waals surface area contributed by atoms with Gasteiger partial charge in [0, 0.05) is 30.5 Å². The first kappa shape index (κ1) is 17.9. The fraction of sp³-hybridized carbons (Fsp3) is 0.929.